The van der Waals surface area contributed by atoms with Crippen molar-refractivity contribution in [3.8, 4) is 0 Å². The quantitative estimate of drug-likeness (QED) is 0.797. The van der Waals surface area contributed by atoms with E-state index in [0.717, 1.165) is 5.56 Å². The van der Waals surface area contributed by atoms with Crippen molar-refractivity contribution in [1.29, 1.82) is 0 Å². The van der Waals surface area contributed by atoms with Gasteiger partial charge in [0.1, 0.15) is 0 Å². The Morgan fingerprint density at radius 2 is 2.09 bits per heavy atom. The molecule has 1 amide bonds. The highest BCUT2D eigenvalue weighted by molar-refractivity contribution is 7.71. The van der Waals surface area contributed by atoms with E-state index in [0.29, 0.717) is 10.6 Å². The Morgan fingerprint density at radius 1 is 1.43 bits per heavy atom. The summed E-state index contributed by atoms with van der Waals surface area (Å²) in [6.07, 6.45) is 0. The summed E-state index contributed by atoms with van der Waals surface area (Å²) in [6, 6.07) is 9.56. The molecule has 0 bridgehead atoms. The van der Waals surface area contributed by atoms with Crippen LogP contribution < -0.4 is 5.32 Å². The number of rotatable bonds is 6. The number of amides is 1. The third kappa shape index (κ3) is 3.51. The molecule has 0 aliphatic carbocycles. The molecular weight excluding hydrogens is 312 g/mol. The molecule has 7 heteroatoms. The predicted octanol–water partition coefficient (Wildman–Crippen LogP) is 2.70. The standard InChI is InChI=1S/C16H22N4O2S/c1-11(2)20-13(18-19-15(20)23)10-17-14(21)16(3,22-4)12-8-6-5-7-9-12/h5-9,11H,10H2,1-4H3,(H,17,21)(H,19,23)/t16-/m1/s1. The fourth-order valence-corrected chi connectivity index (χ4v) is 2.78. The Balaban J connectivity index is 2.17. The van der Waals surface area contributed by atoms with Gasteiger partial charge >= 0.3 is 0 Å². The lowest BCUT2D eigenvalue weighted by Gasteiger charge is -2.27. The van der Waals surface area contributed by atoms with Crippen LogP contribution in [0.2, 0.25) is 0 Å². The Labute approximate surface area is 140 Å². The molecule has 23 heavy (non-hydrogen) atoms. The first-order chi connectivity index (χ1) is 10.9. The maximum absolute atomic E-state index is 12.6. The Morgan fingerprint density at radius 3 is 2.65 bits per heavy atom. The number of carbonyl (C=O) groups excluding carboxylic acids is 1. The highest BCUT2D eigenvalue weighted by Crippen LogP contribution is 2.24. The van der Waals surface area contributed by atoms with Gasteiger partial charge < -0.3 is 14.6 Å². The van der Waals surface area contributed by atoms with E-state index in [4.69, 9.17) is 17.0 Å². The van der Waals surface area contributed by atoms with Crippen molar-refractivity contribution in [3.63, 3.8) is 0 Å². The highest BCUT2D eigenvalue weighted by atomic mass is 32.1. The van der Waals surface area contributed by atoms with Gasteiger partial charge in [-0.2, -0.15) is 5.10 Å². The molecule has 0 saturated heterocycles. The van der Waals surface area contributed by atoms with Crippen molar-refractivity contribution in [3.05, 3.63) is 46.5 Å². The molecule has 124 valence electrons. The third-order valence-electron chi connectivity index (χ3n) is 3.87. The van der Waals surface area contributed by atoms with E-state index in [-0.39, 0.29) is 18.5 Å². The molecule has 0 spiro atoms. The number of carbonyl (C=O) groups is 1. The number of aromatic nitrogens is 3. The molecule has 2 N–H and O–H groups in total. The second-order valence-electron chi connectivity index (χ2n) is 5.69. The van der Waals surface area contributed by atoms with E-state index in [1.807, 2.05) is 48.7 Å². The molecule has 0 aliphatic rings. The number of hydrogen-bond acceptors (Lipinski definition) is 4. The van der Waals surface area contributed by atoms with Crippen LogP contribution >= 0.6 is 12.2 Å². The van der Waals surface area contributed by atoms with E-state index in [9.17, 15) is 4.79 Å². The number of nitrogens with one attached hydrogen (secondary N) is 2. The van der Waals surface area contributed by atoms with Gasteiger partial charge in [-0.05, 0) is 38.6 Å². The Kier molecular flexibility index (Phi) is 5.33. The van der Waals surface area contributed by atoms with Crippen molar-refractivity contribution < 1.29 is 9.53 Å². The maximum Gasteiger partial charge on any atom is 0.256 e. The maximum atomic E-state index is 12.6. The summed E-state index contributed by atoms with van der Waals surface area (Å²) < 4.78 is 7.91. The lowest BCUT2D eigenvalue weighted by molar-refractivity contribution is -0.142. The molecule has 0 aliphatic heterocycles. The molecule has 2 aromatic rings. The van der Waals surface area contributed by atoms with Crippen LogP contribution in [0.1, 0.15) is 38.2 Å². The molecule has 1 atom stereocenters. The van der Waals surface area contributed by atoms with Crippen LogP contribution in [0, 0.1) is 4.77 Å². The topological polar surface area (TPSA) is 71.9 Å². The summed E-state index contributed by atoms with van der Waals surface area (Å²) in [5, 5.41) is 9.82. The first kappa shape index (κ1) is 17.4. The molecule has 6 nitrogen and oxygen atoms in total. The lowest BCUT2D eigenvalue weighted by Crippen LogP contribution is -2.43. The fraction of sp³-hybridized carbons (Fsp3) is 0.438. The minimum absolute atomic E-state index is 0.163. The van der Waals surface area contributed by atoms with Gasteiger partial charge in [-0.25, -0.2) is 0 Å². The second-order valence-corrected chi connectivity index (χ2v) is 6.08. The predicted molar refractivity (Wildman–Crippen MR) is 90.4 cm³/mol. The van der Waals surface area contributed by atoms with E-state index in [1.54, 1.807) is 6.92 Å². The minimum Gasteiger partial charge on any atom is -0.364 e. The average Bonchev–Trinajstić information content (AvgIpc) is 2.93. The van der Waals surface area contributed by atoms with Gasteiger partial charge in [-0.1, -0.05) is 30.3 Å². The molecule has 0 radical (unpaired) electrons. The van der Waals surface area contributed by atoms with Gasteiger partial charge in [0, 0.05) is 13.2 Å². The van der Waals surface area contributed by atoms with E-state index in [2.05, 4.69) is 15.5 Å². The molecule has 1 aromatic carbocycles. The first-order valence-electron chi connectivity index (χ1n) is 7.45. The lowest BCUT2D eigenvalue weighted by atomic mass is 9.95. The van der Waals surface area contributed by atoms with Crippen LogP contribution in [-0.4, -0.2) is 27.8 Å². The summed E-state index contributed by atoms with van der Waals surface area (Å²) in [5.41, 5.74) is -0.264. The molecule has 2 rings (SSSR count). The minimum atomic E-state index is -1.06. The zero-order valence-electron chi connectivity index (χ0n) is 13.8. The number of ether oxygens (including phenoxy) is 1. The third-order valence-corrected chi connectivity index (χ3v) is 4.16. The summed E-state index contributed by atoms with van der Waals surface area (Å²) in [5.74, 6) is 0.459. The van der Waals surface area contributed by atoms with Gasteiger partial charge in [-0.3, -0.25) is 9.89 Å². The van der Waals surface area contributed by atoms with Crippen LogP contribution in [0.5, 0.6) is 0 Å². The van der Waals surface area contributed by atoms with Crippen LogP contribution in [0.15, 0.2) is 30.3 Å². The summed E-state index contributed by atoms with van der Waals surface area (Å²) in [7, 11) is 1.52. The van der Waals surface area contributed by atoms with Gasteiger partial charge in [0.05, 0.1) is 6.54 Å². The molecular formula is C16H22N4O2S. The van der Waals surface area contributed by atoms with Crippen LogP contribution in [0.3, 0.4) is 0 Å². The average molecular weight is 334 g/mol. The number of benzene rings is 1. The Bertz CT molecular complexity index is 723. The highest BCUT2D eigenvalue weighted by Gasteiger charge is 2.35. The second kappa shape index (κ2) is 7.06. The largest absolute Gasteiger partial charge is 0.364 e. The Hall–Kier alpha value is -1.99. The molecule has 0 saturated carbocycles. The van der Waals surface area contributed by atoms with Gasteiger partial charge in [-0.15, -0.1) is 0 Å². The van der Waals surface area contributed by atoms with Crippen molar-refractivity contribution >= 4 is 18.1 Å². The van der Waals surface area contributed by atoms with Crippen molar-refractivity contribution in [2.24, 2.45) is 0 Å². The van der Waals surface area contributed by atoms with Crippen LogP contribution in [0.4, 0.5) is 0 Å². The molecule has 0 unspecified atom stereocenters. The number of H-pyrrole nitrogens is 1. The fourth-order valence-electron chi connectivity index (χ4n) is 2.42. The van der Waals surface area contributed by atoms with Gasteiger partial charge in [0.15, 0.2) is 16.2 Å². The van der Waals surface area contributed by atoms with Crippen LogP contribution in [0.25, 0.3) is 0 Å². The summed E-state index contributed by atoms with van der Waals surface area (Å²) >= 11 is 5.21. The zero-order chi connectivity index (χ0) is 17.0. The number of methoxy groups -OCH3 is 1. The number of hydrogen-bond donors (Lipinski definition) is 2. The van der Waals surface area contributed by atoms with E-state index in [1.165, 1.54) is 7.11 Å². The SMILES string of the molecule is CO[C@@](C)(C(=O)NCc1n[nH]c(=S)n1C(C)C)c1ccccc1. The smallest absolute Gasteiger partial charge is 0.256 e. The zero-order valence-corrected chi connectivity index (χ0v) is 14.6. The number of nitrogens with zero attached hydrogens (tertiary/aromatic N) is 2. The molecule has 0 fully saturated rings. The molecule has 1 aromatic heterocycles. The van der Waals surface area contributed by atoms with Gasteiger partial charge in [0.25, 0.3) is 5.91 Å². The van der Waals surface area contributed by atoms with E-state index < -0.39 is 5.60 Å². The normalized spacial score (nSPS) is 13.8. The van der Waals surface area contributed by atoms with Crippen LogP contribution in [-0.2, 0) is 21.7 Å². The summed E-state index contributed by atoms with van der Waals surface area (Å²) in [6.45, 7) is 6.05. The van der Waals surface area contributed by atoms with Gasteiger partial charge in [0.2, 0.25) is 0 Å². The number of aromatic amines is 1. The van der Waals surface area contributed by atoms with Crippen molar-refractivity contribution in [2.75, 3.05) is 7.11 Å². The van der Waals surface area contributed by atoms with E-state index >= 15 is 0 Å². The summed E-state index contributed by atoms with van der Waals surface area (Å²) in [4.78, 5) is 12.6. The molecule has 1 heterocycles. The van der Waals surface area contributed by atoms with Crippen molar-refractivity contribution in [2.45, 2.75) is 39.0 Å². The monoisotopic (exact) mass is 334 g/mol. The van der Waals surface area contributed by atoms with Crippen molar-refractivity contribution in [1.82, 2.24) is 20.1 Å². The first-order valence-corrected chi connectivity index (χ1v) is 7.85.